The molecular formula is C25H40Cl4N4. The molecule has 0 aliphatic carbocycles. The molecule has 0 bridgehead atoms. The topological polar surface area (TPSA) is 67.3 Å². The summed E-state index contributed by atoms with van der Waals surface area (Å²) in [6, 6.07) is 19.7. The molecule has 0 unspecified atom stereocenters. The van der Waals surface area contributed by atoms with Crippen molar-refractivity contribution in [3.8, 4) is 0 Å². The van der Waals surface area contributed by atoms with E-state index in [4.69, 9.17) is 11.5 Å². The first kappa shape index (κ1) is 34.3. The number of halogens is 4. The second kappa shape index (κ2) is 19.5. The van der Waals surface area contributed by atoms with Gasteiger partial charge in [-0.15, -0.1) is 49.6 Å². The summed E-state index contributed by atoms with van der Waals surface area (Å²) < 4.78 is 0. The van der Waals surface area contributed by atoms with E-state index in [0.29, 0.717) is 0 Å². The standard InChI is InChI=1S/C25H36N4.4ClH/c26-13-5-6-16-29(17-7-14-27)18-8-15-28-20-25-23-11-3-1-9-21(23)19-22-10-2-4-12-24(22)25;;;;/h1-4,9-12,19,28H,5-8,13-18,20,26-27H2;4*1H. The molecule has 0 spiro atoms. The van der Waals surface area contributed by atoms with Crippen LogP contribution in [-0.4, -0.2) is 44.2 Å². The number of unbranched alkanes of at least 4 members (excludes halogenated alkanes) is 1. The Morgan fingerprint density at radius 1 is 0.636 bits per heavy atom. The highest BCUT2D eigenvalue weighted by atomic mass is 35.5. The van der Waals surface area contributed by atoms with Crippen molar-refractivity contribution in [2.75, 3.05) is 39.3 Å². The van der Waals surface area contributed by atoms with Crippen molar-refractivity contribution < 1.29 is 0 Å². The van der Waals surface area contributed by atoms with Crippen molar-refractivity contribution in [3.05, 3.63) is 60.2 Å². The van der Waals surface area contributed by atoms with E-state index < -0.39 is 0 Å². The SMILES string of the molecule is Cl.Cl.Cl.Cl.NCCCCN(CCCN)CCCNCc1c2ccccc2cc2ccccc12. The molecule has 5 N–H and O–H groups in total. The third-order valence-electron chi connectivity index (χ3n) is 5.62. The van der Waals surface area contributed by atoms with Gasteiger partial charge in [-0.1, -0.05) is 48.5 Å². The first-order chi connectivity index (χ1) is 14.3. The minimum absolute atomic E-state index is 0. The van der Waals surface area contributed by atoms with E-state index >= 15 is 0 Å². The quantitative estimate of drug-likeness (QED) is 0.197. The molecule has 0 aliphatic heterocycles. The highest BCUT2D eigenvalue weighted by Crippen LogP contribution is 2.28. The average molecular weight is 538 g/mol. The van der Waals surface area contributed by atoms with E-state index in [-0.39, 0.29) is 49.6 Å². The summed E-state index contributed by atoms with van der Waals surface area (Å²) in [4.78, 5) is 2.54. The molecule has 33 heavy (non-hydrogen) atoms. The maximum atomic E-state index is 5.70. The van der Waals surface area contributed by atoms with Gasteiger partial charge in [0.1, 0.15) is 0 Å². The van der Waals surface area contributed by atoms with Crippen LogP contribution >= 0.6 is 49.6 Å². The molecule has 0 fully saturated rings. The van der Waals surface area contributed by atoms with Gasteiger partial charge in [-0.3, -0.25) is 0 Å². The van der Waals surface area contributed by atoms with Gasteiger partial charge in [0, 0.05) is 6.54 Å². The van der Waals surface area contributed by atoms with E-state index in [1.807, 2.05) is 0 Å². The lowest BCUT2D eigenvalue weighted by Crippen LogP contribution is -2.30. The molecule has 188 valence electrons. The number of nitrogens with two attached hydrogens (primary N) is 2. The van der Waals surface area contributed by atoms with Gasteiger partial charge in [0.2, 0.25) is 0 Å². The van der Waals surface area contributed by atoms with Crippen molar-refractivity contribution in [1.29, 1.82) is 0 Å². The summed E-state index contributed by atoms with van der Waals surface area (Å²) in [6.45, 7) is 6.81. The second-order valence-electron chi connectivity index (χ2n) is 7.81. The Bertz CT molecular complexity index is 841. The number of fused-ring (bicyclic) bond motifs is 2. The maximum absolute atomic E-state index is 5.70. The Labute approximate surface area is 223 Å². The van der Waals surface area contributed by atoms with E-state index in [9.17, 15) is 0 Å². The summed E-state index contributed by atoms with van der Waals surface area (Å²) >= 11 is 0. The van der Waals surface area contributed by atoms with Crippen LogP contribution in [0.4, 0.5) is 0 Å². The molecule has 3 aromatic carbocycles. The smallest absolute Gasteiger partial charge is 0.0217 e. The second-order valence-corrected chi connectivity index (χ2v) is 7.81. The number of nitrogens with one attached hydrogen (secondary N) is 1. The van der Waals surface area contributed by atoms with Gasteiger partial charge in [-0.2, -0.15) is 0 Å². The molecule has 4 nitrogen and oxygen atoms in total. The molecule has 0 amide bonds. The van der Waals surface area contributed by atoms with Crippen LogP contribution < -0.4 is 16.8 Å². The van der Waals surface area contributed by atoms with Gasteiger partial charge < -0.3 is 21.7 Å². The first-order valence-corrected chi connectivity index (χ1v) is 11.1. The van der Waals surface area contributed by atoms with Crippen LogP contribution in [0.15, 0.2) is 54.6 Å². The Morgan fingerprint density at radius 2 is 1.15 bits per heavy atom. The third kappa shape index (κ3) is 10.5. The van der Waals surface area contributed by atoms with Crippen molar-refractivity contribution in [3.63, 3.8) is 0 Å². The Morgan fingerprint density at radius 3 is 1.73 bits per heavy atom. The van der Waals surface area contributed by atoms with Crippen molar-refractivity contribution in [2.24, 2.45) is 11.5 Å². The fourth-order valence-electron chi connectivity index (χ4n) is 4.07. The zero-order valence-corrected chi connectivity index (χ0v) is 22.5. The fourth-order valence-corrected chi connectivity index (χ4v) is 4.07. The largest absolute Gasteiger partial charge is 0.330 e. The van der Waals surface area contributed by atoms with Gasteiger partial charge in [-0.25, -0.2) is 0 Å². The fraction of sp³-hybridized carbons (Fsp3) is 0.440. The summed E-state index contributed by atoms with van der Waals surface area (Å²) in [5.41, 5.74) is 12.7. The van der Waals surface area contributed by atoms with Crippen LogP contribution in [0.5, 0.6) is 0 Å². The summed E-state index contributed by atoms with van der Waals surface area (Å²) in [7, 11) is 0. The highest BCUT2D eigenvalue weighted by Gasteiger charge is 2.08. The molecule has 0 saturated heterocycles. The molecule has 0 saturated carbocycles. The van der Waals surface area contributed by atoms with Crippen LogP contribution in [0, 0.1) is 0 Å². The van der Waals surface area contributed by atoms with Crippen molar-refractivity contribution >= 4 is 71.2 Å². The van der Waals surface area contributed by atoms with Gasteiger partial charge in [0.05, 0.1) is 0 Å². The van der Waals surface area contributed by atoms with E-state index in [2.05, 4.69) is 64.8 Å². The van der Waals surface area contributed by atoms with Crippen LogP contribution in [0.25, 0.3) is 21.5 Å². The normalized spacial score (nSPS) is 10.3. The Kier molecular flexibility index (Phi) is 20.3. The van der Waals surface area contributed by atoms with Crippen LogP contribution in [-0.2, 0) is 6.54 Å². The molecule has 3 rings (SSSR count). The predicted molar refractivity (Wildman–Crippen MR) is 155 cm³/mol. The number of nitrogens with zero attached hydrogens (tertiary/aromatic N) is 1. The molecule has 0 heterocycles. The summed E-state index contributed by atoms with van der Waals surface area (Å²) in [5, 5.41) is 9.03. The number of hydrogen-bond acceptors (Lipinski definition) is 4. The number of rotatable bonds is 13. The lowest BCUT2D eigenvalue weighted by molar-refractivity contribution is 0.262. The van der Waals surface area contributed by atoms with Gasteiger partial charge >= 0.3 is 0 Å². The zero-order chi connectivity index (χ0) is 20.3. The zero-order valence-electron chi connectivity index (χ0n) is 19.2. The van der Waals surface area contributed by atoms with Gasteiger partial charge in [0.25, 0.3) is 0 Å². The van der Waals surface area contributed by atoms with E-state index in [1.165, 1.54) is 33.5 Å². The lowest BCUT2D eigenvalue weighted by atomic mass is 9.97. The van der Waals surface area contributed by atoms with Crippen LogP contribution in [0.1, 0.15) is 31.2 Å². The molecule has 0 atom stereocenters. The minimum Gasteiger partial charge on any atom is -0.330 e. The van der Waals surface area contributed by atoms with Crippen LogP contribution in [0.2, 0.25) is 0 Å². The first-order valence-electron chi connectivity index (χ1n) is 11.1. The molecule has 0 aromatic heterocycles. The summed E-state index contributed by atoms with van der Waals surface area (Å²) in [5.74, 6) is 0. The van der Waals surface area contributed by atoms with Crippen molar-refractivity contribution in [1.82, 2.24) is 10.2 Å². The summed E-state index contributed by atoms with van der Waals surface area (Å²) in [6.07, 6.45) is 4.50. The van der Waals surface area contributed by atoms with Gasteiger partial charge in [0.15, 0.2) is 0 Å². The molecule has 0 aliphatic rings. The monoisotopic (exact) mass is 536 g/mol. The lowest BCUT2D eigenvalue weighted by Gasteiger charge is -2.22. The van der Waals surface area contributed by atoms with Gasteiger partial charge in [-0.05, 0) is 98.1 Å². The third-order valence-corrected chi connectivity index (χ3v) is 5.62. The van der Waals surface area contributed by atoms with Crippen LogP contribution in [0.3, 0.4) is 0 Å². The van der Waals surface area contributed by atoms with Crippen molar-refractivity contribution in [2.45, 2.75) is 32.2 Å². The average Bonchev–Trinajstić information content (AvgIpc) is 2.76. The molecule has 3 aromatic rings. The maximum Gasteiger partial charge on any atom is 0.0217 e. The van der Waals surface area contributed by atoms with E-state index in [1.54, 1.807) is 0 Å². The molecular weight excluding hydrogens is 498 g/mol. The molecule has 0 radical (unpaired) electrons. The van der Waals surface area contributed by atoms with E-state index in [0.717, 1.165) is 65.1 Å². The highest BCUT2D eigenvalue weighted by molar-refractivity contribution is 6.02. The number of benzene rings is 3. The number of hydrogen-bond donors (Lipinski definition) is 3. The molecule has 8 heteroatoms. The Balaban J connectivity index is 0. The predicted octanol–water partition coefficient (Wildman–Crippen LogP) is 5.55. The minimum atomic E-state index is 0. The Hall–Kier alpha value is -0.820.